The Morgan fingerprint density at radius 3 is 2.75 bits per heavy atom. The maximum Gasteiger partial charge on any atom is 0.253 e. The topological polar surface area (TPSA) is 47.6 Å². The van der Waals surface area contributed by atoms with E-state index in [9.17, 15) is 4.79 Å². The maximum atomic E-state index is 12.0. The van der Waals surface area contributed by atoms with E-state index in [0.29, 0.717) is 12.2 Å². The van der Waals surface area contributed by atoms with Crippen LogP contribution in [0.1, 0.15) is 15.9 Å². The molecule has 2 rings (SSSR count). The van der Waals surface area contributed by atoms with Crippen LogP contribution in [0, 0.1) is 0 Å². The predicted molar refractivity (Wildman–Crippen MR) is 79.8 cm³/mol. The third-order valence-electron chi connectivity index (χ3n) is 2.84. The molecule has 1 aromatic heterocycles. The quantitative estimate of drug-likeness (QED) is 0.833. The molecule has 0 saturated heterocycles. The van der Waals surface area contributed by atoms with Gasteiger partial charge >= 0.3 is 0 Å². The van der Waals surface area contributed by atoms with Crippen LogP contribution in [0.3, 0.4) is 0 Å². The highest BCUT2D eigenvalue weighted by Crippen LogP contribution is 2.29. The summed E-state index contributed by atoms with van der Waals surface area (Å²) in [5.41, 5.74) is 2.72. The highest BCUT2D eigenvalue weighted by Gasteiger charge is 2.11. The first-order chi connectivity index (χ1) is 9.76. The van der Waals surface area contributed by atoms with Gasteiger partial charge in [0.2, 0.25) is 0 Å². The second-order valence-corrected chi connectivity index (χ2v) is 5.17. The minimum Gasteiger partial charge on any atom is -0.380 e. The molecule has 0 unspecified atom stereocenters. The predicted octanol–water partition coefficient (Wildman–Crippen LogP) is 2.90. The van der Waals surface area contributed by atoms with E-state index < -0.39 is 0 Å². The first kappa shape index (κ1) is 14.7. The molecule has 106 valence electrons. The summed E-state index contributed by atoms with van der Waals surface area (Å²) in [5, 5.41) is 4.70. The molecular weight excluding hydrogens is 274 g/mol. The fraction of sp³-hybridized carbons (Fsp3) is 0.267. The van der Waals surface area contributed by atoms with Crippen LogP contribution in [0.25, 0.3) is 10.4 Å². The summed E-state index contributed by atoms with van der Waals surface area (Å²) in [4.78, 5) is 13.1. The largest absolute Gasteiger partial charge is 0.380 e. The van der Waals surface area contributed by atoms with Crippen molar-refractivity contribution < 1.29 is 14.3 Å². The normalized spacial score (nSPS) is 10.5. The number of benzene rings is 1. The highest BCUT2D eigenvalue weighted by molar-refractivity contribution is 7.13. The number of amides is 1. The summed E-state index contributed by atoms with van der Waals surface area (Å²) >= 11 is 1.64. The van der Waals surface area contributed by atoms with Crippen LogP contribution < -0.4 is 5.32 Å². The van der Waals surface area contributed by atoms with Crippen LogP contribution in [0.2, 0.25) is 0 Å². The summed E-state index contributed by atoms with van der Waals surface area (Å²) in [6.07, 6.45) is 0. The number of hydrogen-bond donors (Lipinski definition) is 1. The van der Waals surface area contributed by atoms with Crippen LogP contribution >= 0.6 is 11.3 Å². The third-order valence-corrected chi connectivity index (χ3v) is 3.74. The average molecular weight is 291 g/mol. The van der Waals surface area contributed by atoms with Gasteiger partial charge in [0.1, 0.15) is 6.73 Å². The molecule has 0 aliphatic heterocycles. The zero-order valence-electron chi connectivity index (χ0n) is 11.5. The molecular formula is C15H17NO3S. The van der Waals surface area contributed by atoms with Crippen molar-refractivity contribution >= 4 is 17.2 Å². The molecule has 0 fully saturated rings. The Bertz CT molecular complexity index is 567. The molecule has 1 aromatic carbocycles. The van der Waals surface area contributed by atoms with Crippen molar-refractivity contribution in [2.24, 2.45) is 0 Å². The molecule has 1 N–H and O–H groups in total. The number of ether oxygens (including phenoxy) is 2. The maximum absolute atomic E-state index is 12.0. The molecule has 2 aromatic rings. The Kier molecular flexibility index (Phi) is 5.29. The molecule has 0 atom stereocenters. The van der Waals surface area contributed by atoms with Crippen molar-refractivity contribution in [3.63, 3.8) is 0 Å². The summed E-state index contributed by atoms with van der Waals surface area (Å²) in [6, 6.07) is 9.66. The van der Waals surface area contributed by atoms with E-state index in [2.05, 4.69) is 5.32 Å². The number of hydrogen-bond acceptors (Lipinski definition) is 4. The van der Waals surface area contributed by atoms with Gasteiger partial charge in [0.05, 0.1) is 6.61 Å². The SMILES string of the molecule is COCNC(=O)c1ccc(COC)c(-c2cccs2)c1. The lowest BCUT2D eigenvalue weighted by Crippen LogP contribution is -2.25. The van der Waals surface area contributed by atoms with Gasteiger partial charge in [-0.15, -0.1) is 11.3 Å². The lowest BCUT2D eigenvalue weighted by Gasteiger charge is -2.10. The monoisotopic (exact) mass is 291 g/mol. The summed E-state index contributed by atoms with van der Waals surface area (Å²) in [5.74, 6) is -0.145. The molecule has 0 spiro atoms. The number of carbonyl (C=O) groups is 1. The van der Waals surface area contributed by atoms with Crippen molar-refractivity contribution in [3.8, 4) is 10.4 Å². The Balaban J connectivity index is 2.33. The van der Waals surface area contributed by atoms with Crippen molar-refractivity contribution in [3.05, 3.63) is 46.8 Å². The van der Waals surface area contributed by atoms with E-state index in [1.165, 1.54) is 0 Å². The Hall–Kier alpha value is -1.69. The summed E-state index contributed by atoms with van der Waals surface area (Å²) in [7, 11) is 3.20. The summed E-state index contributed by atoms with van der Waals surface area (Å²) in [6.45, 7) is 0.722. The molecule has 0 saturated carbocycles. The van der Waals surface area contributed by atoms with Crippen molar-refractivity contribution in [2.45, 2.75) is 6.61 Å². The molecule has 1 heterocycles. The highest BCUT2D eigenvalue weighted by atomic mass is 32.1. The number of rotatable bonds is 6. The first-order valence-corrected chi connectivity index (χ1v) is 7.07. The number of nitrogens with one attached hydrogen (secondary N) is 1. The standard InChI is InChI=1S/C15H17NO3S/c1-18-9-12-6-5-11(15(17)16-10-19-2)8-13(12)14-4-3-7-20-14/h3-8H,9-10H2,1-2H3,(H,16,17). The molecule has 0 radical (unpaired) electrons. The summed E-state index contributed by atoms with van der Waals surface area (Å²) < 4.78 is 10.1. The number of methoxy groups -OCH3 is 2. The zero-order valence-corrected chi connectivity index (χ0v) is 12.3. The van der Waals surface area contributed by atoms with E-state index in [0.717, 1.165) is 16.0 Å². The van der Waals surface area contributed by atoms with E-state index in [4.69, 9.17) is 9.47 Å². The van der Waals surface area contributed by atoms with Gasteiger partial charge in [-0.1, -0.05) is 12.1 Å². The van der Waals surface area contributed by atoms with Gasteiger partial charge < -0.3 is 14.8 Å². The van der Waals surface area contributed by atoms with E-state index >= 15 is 0 Å². The van der Waals surface area contributed by atoms with Crippen LogP contribution in [0.15, 0.2) is 35.7 Å². The fourth-order valence-electron chi connectivity index (χ4n) is 1.90. The zero-order chi connectivity index (χ0) is 14.4. The molecule has 0 aliphatic carbocycles. The lowest BCUT2D eigenvalue weighted by molar-refractivity contribution is 0.0872. The van der Waals surface area contributed by atoms with Crippen LogP contribution in [-0.2, 0) is 16.1 Å². The van der Waals surface area contributed by atoms with E-state index in [1.54, 1.807) is 31.6 Å². The van der Waals surface area contributed by atoms with E-state index in [1.807, 2.05) is 29.6 Å². The minimum absolute atomic E-state index is 0.145. The Morgan fingerprint density at radius 1 is 1.25 bits per heavy atom. The Morgan fingerprint density at radius 2 is 2.10 bits per heavy atom. The molecule has 0 bridgehead atoms. The van der Waals surface area contributed by atoms with Crippen LogP contribution in [0.4, 0.5) is 0 Å². The third kappa shape index (κ3) is 3.45. The first-order valence-electron chi connectivity index (χ1n) is 6.19. The van der Waals surface area contributed by atoms with Gasteiger partial charge in [0.25, 0.3) is 5.91 Å². The Labute approximate surface area is 122 Å². The van der Waals surface area contributed by atoms with Gasteiger partial charge in [-0.25, -0.2) is 0 Å². The van der Waals surface area contributed by atoms with Gasteiger partial charge in [-0.3, -0.25) is 4.79 Å². The molecule has 5 heteroatoms. The number of thiophene rings is 1. The molecule has 0 aliphatic rings. The fourth-order valence-corrected chi connectivity index (χ4v) is 2.68. The molecule has 4 nitrogen and oxygen atoms in total. The van der Waals surface area contributed by atoms with Crippen molar-refractivity contribution in [2.75, 3.05) is 21.0 Å². The molecule has 1 amide bonds. The lowest BCUT2D eigenvalue weighted by atomic mass is 10.0. The van der Waals surface area contributed by atoms with Crippen molar-refractivity contribution in [1.82, 2.24) is 5.32 Å². The van der Waals surface area contributed by atoms with Gasteiger partial charge in [0.15, 0.2) is 0 Å². The number of carbonyl (C=O) groups excluding carboxylic acids is 1. The second kappa shape index (κ2) is 7.19. The minimum atomic E-state index is -0.145. The van der Waals surface area contributed by atoms with Crippen LogP contribution in [-0.4, -0.2) is 26.9 Å². The van der Waals surface area contributed by atoms with E-state index in [-0.39, 0.29) is 12.6 Å². The average Bonchev–Trinajstić information content (AvgIpc) is 2.99. The second-order valence-electron chi connectivity index (χ2n) is 4.22. The van der Waals surface area contributed by atoms with Gasteiger partial charge in [-0.2, -0.15) is 0 Å². The molecule has 20 heavy (non-hydrogen) atoms. The van der Waals surface area contributed by atoms with Gasteiger partial charge in [0, 0.05) is 24.7 Å². The van der Waals surface area contributed by atoms with Gasteiger partial charge in [-0.05, 0) is 34.7 Å². The smallest absolute Gasteiger partial charge is 0.253 e. The van der Waals surface area contributed by atoms with Crippen LogP contribution in [0.5, 0.6) is 0 Å². The van der Waals surface area contributed by atoms with Crippen molar-refractivity contribution in [1.29, 1.82) is 0 Å².